The number of hydrogen-bond donors (Lipinski definition) is 2. The van der Waals surface area contributed by atoms with Crippen molar-refractivity contribution in [1.29, 1.82) is 0 Å². The van der Waals surface area contributed by atoms with Crippen LogP contribution in [0.1, 0.15) is 5.69 Å². The molecule has 118 valence electrons. The van der Waals surface area contributed by atoms with Crippen LogP contribution < -0.4 is 9.47 Å². The van der Waals surface area contributed by atoms with Crippen LogP contribution >= 0.6 is 0 Å². The highest BCUT2D eigenvalue weighted by Crippen LogP contribution is 2.27. The molecule has 0 amide bonds. The molecule has 0 unspecified atom stereocenters. The van der Waals surface area contributed by atoms with Gasteiger partial charge in [0.05, 0.1) is 43.2 Å². The van der Waals surface area contributed by atoms with E-state index in [9.17, 15) is 4.39 Å². The predicted octanol–water partition coefficient (Wildman–Crippen LogP) is 3.92. The van der Waals surface area contributed by atoms with E-state index in [0.29, 0.717) is 11.4 Å². The summed E-state index contributed by atoms with van der Waals surface area (Å²) in [5.74, 6) is 0.413. The fraction of sp³-hybridized carbons (Fsp3) is 0.118. The summed E-state index contributed by atoms with van der Waals surface area (Å²) >= 11 is 0. The second-order valence-corrected chi connectivity index (χ2v) is 4.83. The number of H-pyrrole nitrogens is 2. The van der Waals surface area contributed by atoms with Gasteiger partial charge in [-0.1, -0.05) is 0 Å². The third kappa shape index (κ3) is 3.11. The summed E-state index contributed by atoms with van der Waals surface area (Å²) < 4.78 is 23.7. The van der Waals surface area contributed by atoms with Gasteiger partial charge in [-0.2, -0.15) is 0 Å². The van der Waals surface area contributed by atoms with Crippen molar-refractivity contribution < 1.29 is 13.9 Å². The first-order chi connectivity index (χ1) is 11.2. The highest BCUT2D eigenvalue weighted by atomic mass is 19.1. The lowest BCUT2D eigenvalue weighted by Crippen LogP contribution is -1.89. The molecule has 1 aromatic carbocycles. The van der Waals surface area contributed by atoms with Gasteiger partial charge in [-0.3, -0.25) is 4.99 Å². The third-order valence-corrected chi connectivity index (χ3v) is 3.40. The van der Waals surface area contributed by atoms with Crippen LogP contribution in [0.25, 0.3) is 11.4 Å². The van der Waals surface area contributed by atoms with Crippen LogP contribution in [0.2, 0.25) is 0 Å². The molecule has 0 aliphatic rings. The molecule has 0 aliphatic heterocycles. The van der Waals surface area contributed by atoms with E-state index in [-0.39, 0.29) is 5.75 Å². The Morgan fingerprint density at radius 2 is 1.87 bits per heavy atom. The number of rotatable bonds is 5. The van der Waals surface area contributed by atoms with Crippen LogP contribution in [-0.2, 0) is 0 Å². The zero-order valence-electron chi connectivity index (χ0n) is 12.8. The number of nitrogens with zero attached hydrogens (tertiary/aromatic N) is 1. The van der Waals surface area contributed by atoms with Gasteiger partial charge in [0.2, 0.25) is 0 Å². The molecule has 5 nitrogen and oxygen atoms in total. The largest absolute Gasteiger partial charge is 0.494 e. The van der Waals surface area contributed by atoms with Gasteiger partial charge in [0.1, 0.15) is 5.75 Å². The summed E-state index contributed by atoms with van der Waals surface area (Å²) in [6.07, 6.45) is 3.49. The summed E-state index contributed by atoms with van der Waals surface area (Å²) in [4.78, 5) is 10.7. The van der Waals surface area contributed by atoms with E-state index in [0.717, 1.165) is 17.1 Å². The molecule has 0 radical (unpaired) electrons. The van der Waals surface area contributed by atoms with Crippen molar-refractivity contribution in [3.8, 4) is 22.9 Å². The van der Waals surface area contributed by atoms with E-state index in [1.54, 1.807) is 19.4 Å². The predicted molar refractivity (Wildman–Crippen MR) is 87.3 cm³/mol. The zero-order valence-corrected chi connectivity index (χ0v) is 12.8. The van der Waals surface area contributed by atoms with E-state index in [1.165, 1.54) is 19.2 Å². The molecule has 23 heavy (non-hydrogen) atoms. The van der Waals surface area contributed by atoms with Gasteiger partial charge in [-0.25, -0.2) is 4.39 Å². The van der Waals surface area contributed by atoms with Gasteiger partial charge in [0, 0.05) is 18.3 Å². The fourth-order valence-electron chi connectivity index (χ4n) is 2.23. The van der Waals surface area contributed by atoms with Gasteiger partial charge in [0.25, 0.3) is 0 Å². The summed E-state index contributed by atoms with van der Waals surface area (Å²) in [5, 5.41) is 0. The molecule has 2 aromatic heterocycles. The standard InChI is InChI=1S/C17H16FN3O2/c1-22-16-8-11(5-6-12(16)18)20-10-15-17(23-2)9-14(21-15)13-4-3-7-19-13/h3-10,19,21H,1-2H3. The van der Waals surface area contributed by atoms with Gasteiger partial charge in [0.15, 0.2) is 11.6 Å². The van der Waals surface area contributed by atoms with E-state index in [1.807, 2.05) is 24.4 Å². The number of hydrogen-bond acceptors (Lipinski definition) is 3. The van der Waals surface area contributed by atoms with Crippen LogP contribution in [-0.4, -0.2) is 30.4 Å². The second kappa shape index (κ2) is 6.39. The van der Waals surface area contributed by atoms with Gasteiger partial charge < -0.3 is 19.4 Å². The van der Waals surface area contributed by atoms with Crippen molar-refractivity contribution in [2.45, 2.75) is 0 Å². The van der Waals surface area contributed by atoms with Crippen molar-refractivity contribution in [2.24, 2.45) is 4.99 Å². The van der Waals surface area contributed by atoms with E-state index < -0.39 is 5.82 Å². The molecular weight excluding hydrogens is 297 g/mol. The van der Waals surface area contributed by atoms with Crippen molar-refractivity contribution in [3.05, 3.63) is 54.1 Å². The first-order valence-corrected chi connectivity index (χ1v) is 6.99. The zero-order chi connectivity index (χ0) is 16.2. The van der Waals surface area contributed by atoms with Gasteiger partial charge in [-0.15, -0.1) is 0 Å². The van der Waals surface area contributed by atoms with Crippen molar-refractivity contribution in [3.63, 3.8) is 0 Å². The summed E-state index contributed by atoms with van der Waals surface area (Å²) in [7, 11) is 3.02. The van der Waals surface area contributed by atoms with Crippen LogP contribution in [0.15, 0.2) is 47.6 Å². The molecule has 0 saturated heterocycles. The maximum Gasteiger partial charge on any atom is 0.165 e. The molecule has 3 aromatic rings. The first-order valence-electron chi connectivity index (χ1n) is 6.99. The monoisotopic (exact) mass is 313 g/mol. The quantitative estimate of drug-likeness (QED) is 0.701. The molecule has 0 spiro atoms. The number of benzene rings is 1. The normalized spacial score (nSPS) is 11.1. The van der Waals surface area contributed by atoms with E-state index in [2.05, 4.69) is 15.0 Å². The summed E-state index contributed by atoms with van der Waals surface area (Å²) in [6.45, 7) is 0. The summed E-state index contributed by atoms with van der Waals surface area (Å²) in [5.41, 5.74) is 3.15. The van der Waals surface area contributed by atoms with Gasteiger partial charge in [-0.05, 0) is 24.3 Å². The first kappa shape index (κ1) is 14.9. The fourth-order valence-corrected chi connectivity index (χ4v) is 2.23. The molecule has 0 fully saturated rings. The topological polar surface area (TPSA) is 62.4 Å². The molecule has 3 rings (SSSR count). The smallest absolute Gasteiger partial charge is 0.165 e. The number of methoxy groups -OCH3 is 2. The molecular formula is C17H16FN3O2. The van der Waals surface area contributed by atoms with Crippen LogP contribution in [0.5, 0.6) is 11.5 Å². The van der Waals surface area contributed by atoms with E-state index in [4.69, 9.17) is 9.47 Å². The molecule has 2 N–H and O–H groups in total. The Morgan fingerprint density at radius 1 is 1.04 bits per heavy atom. The second-order valence-electron chi connectivity index (χ2n) is 4.83. The lowest BCUT2D eigenvalue weighted by atomic mass is 10.3. The number of aliphatic imine (C=N–C) groups is 1. The van der Waals surface area contributed by atoms with Gasteiger partial charge >= 0.3 is 0 Å². The molecule has 0 bridgehead atoms. The minimum atomic E-state index is -0.419. The molecule has 2 heterocycles. The maximum atomic E-state index is 13.4. The minimum Gasteiger partial charge on any atom is -0.494 e. The van der Waals surface area contributed by atoms with Crippen molar-refractivity contribution in [2.75, 3.05) is 14.2 Å². The van der Waals surface area contributed by atoms with Crippen LogP contribution in [0, 0.1) is 5.82 Å². The number of nitrogens with one attached hydrogen (secondary N) is 2. The van der Waals surface area contributed by atoms with Crippen molar-refractivity contribution >= 4 is 11.9 Å². The lowest BCUT2D eigenvalue weighted by Gasteiger charge is -2.02. The average molecular weight is 313 g/mol. The maximum absolute atomic E-state index is 13.4. The number of aromatic amines is 2. The van der Waals surface area contributed by atoms with Crippen molar-refractivity contribution in [1.82, 2.24) is 9.97 Å². The van der Waals surface area contributed by atoms with E-state index >= 15 is 0 Å². The SMILES string of the molecule is COc1cc(N=Cc2[nH]c(-c3ccc[nH]3)cc2OC)ccc1F. The highest BCUT2D eigenvalue weighted by molar-refractivity contribution is 5.85. The molecule has 0 aliphatic carbocycles. The third-order valence-electron chi connectivity index (χ3n) is 3.40. The Morgan fingerprint density at radius 3 is 2.57 bits per heavy atom. The van der Waals surface area contributed by atoms with Crippen LogP contribution in [0.4, 0.5) is 10.1 Å². The lowest BCUT2D eigenvalue weighted by molar-refractivity contribution is 0.387. The number of aromatic nitrogens is 2. The minimum absolute atomic E-state index is 0.158. The Kier molecular flexibility index (Phi) is 4.14. The highest BCUT2D eigenvalue weighted by Gasteiger charge is 2.09. The Balaban J connectivity index is 1.90. The molecule has 0 saturated carbocycles. The Hall–Kier alpha value is -3.02. The molecule has 6 heteroatoms. The summed E-state index contributed by atoms with van der Waals surface area (Å²) in [6, 6.07) is 10.2. The number of ether oxygens (including phenoxy) is 2. The Bertz CT molecular complexity index is 822. The average Bonchev–Trinajstić information content (AvgIpc) is 3.23. The number of halogens is 1. The van der Waals surface area contributed by atoms with Crippen LogP contribution in [0.3, 0.4) is 0 Å². The molecule has 0 atom stereocenters. The Labute approximate surface area is 132 Å².